The molecule has 0 saturated carbocycles. The minimum absolute atomic E-state index is 0.0106. The summed E-state index contributed by atoms with van der Waals surface area (Å²) in [6.45, 7) is 1.65. The number of ether oxygens (including phenoxy) is 1. The molecule has 0 bridgehead atoms. The second-order valence-electron chi connectivity index (χ2n) is 6.20. The number of nitrogens with two attached hydrogens (primary N) is 1. The lowest BCUT2D eigenvalue weighted by molar-refractivity contribution is -0.274. The average molecular weight is 399 g/mol. The van der Waals surface area contributed by atoms with Crippen LogP contribution >= 0.6 is 11.3 Å². The fourth-order valence-electron chi connectivity index (χ4n) is 3.12. The molecule has 144 valence electrons. The Morgan fingerprint density at radius 3 is 2.44 bits per heavy atom. The lowest BCUT2D eigenvalue weighted by Crippen LogP contribution is -2.52. The van der Waals surface area contributed by atoms with E-state index >= 15 is 0 Å². The Morgan fingerprint density at radius 2 is 1.93 bits per heavy atom. The van der Waals surface area contributed by atoms with Crippen molar-refractivity contribution in [2.24, 2.45) is 10.7 Å². The number of guanidine groups is 1. The SMILES string of the molecule is CN1C(=O)C(c2ccc(OC(F)(F)F)cc2)[C@@](C)(c2sccc2O)N=C1N. The van der Waals surface area contributed by atoms with Crippen molar-refractivity contribution >= 4 is 23.2 Å². The maximum absolute atomic E-state index is 12.9. The molecule has 1 aliphatic rings. The molecule has 3 N–H and O–H groups in total. The van der Waals surface area contributed by atoms with E-state index in [4.69, 9.17) is 5.73 Å². The third-order valence-electron chi connectivity index (χ3n) is 4.38. The van der Waals surface area contributed by atoms with Crippen LogP contribution in [0, 0.1) is 0 Å². The van der Waals surface area contributed by atoms with Crippen LogP contribution in [0.5, 0.6) is 11.5 Å². The fraction of sp³-hybridized carbons (Fsp3) is 0.294. The first-order valence-corrected chi connectivity index (χ1v) is 8.66. The summed E-state index contributed by atoms with van der Waals surface area (Å²) < 4.78 is 41.0. The molecule has 0 saturated heterocycles. The molecular weight excluding hydrogens is 383 g/mol. The number of hydrogen-bond acceptors (Lipinski definition) is 6. The van der Waals surface area contributed by atoms with E-state index in [-0.39, 0.29) is 17.6 Å². The molecule has 1 aromatic heterocycles. The smallest absolute Gasteiger partial charge is 0.507 e. The van der Waals surface area contributed by atoms with Crippen molar-refractivity contribution in [3.63, 3.8) is 0 Å². The van der Waals surface area contributed by atoms with Gasteiger partial charge in [-0.15, -0.1) is 24.5 Å². The van der Waals surface area contributed by atoms with E-state index in [1.807, 2.05) is 0 Å². The highest BCUT2D eigenvalue weighted by Gasteiger charge is 2.49. The maximum atomic E-state index is 12.9. The van der Waals surface area contributed by atoms with Gasteiger partial charge in [0.1, 0.15) is 17.0 Å². The lowest BCUT2D eigenvalue weighted by atomic mass is 9.77. The Hall–Kier alpha value is -2.75. The van der Waals surface area contributed by atoms with Gasteiger partial charge in [-0.1, -0.05) is 12.1 Å². The van der Waals surface area contributed by atoms with Crippen LogP contribution in [0.4, 0.5) is 13.2 Å². The second-order valence-corrected chi connectivity index (χ2v) is 7.12. The number of nitrogens with zero attached hydrogens (tertiary/aromatic N) is 2. The third-order valence-corrected chi connectivity index (χ3v) is 5.51. The van der Waals surface area contributed by atoms with Crippen LogP contribution in [0.1, 0.15) is 23.3 Å². The van der Waals surface area contributed by atoms with Gasteiger partial charge in [0.15, 0.2) is 5.96 Å². The number of carbonyl (C=O) groups excluding carboxylic acids is 1. The molecule has 27 heavy (non-hydrogen) atoms. The molecule has 0 radical (unpaired) electrons. The fourth-order valence-corrected chi connectivity index (χ4v) is 4.04. The number of amides is 1. The number of rotatable bonds is 3. The lowest BCUT2D eigenvalue weighted by Gasteiger charge is -2.40. The van der Waals surface area contributed by atoms with Crippen molar-refractivity contribution in [2.45, 2.75) is 24.7 Å². The van der Waals surface area contributed by atoms with Gasteiger partial charge in [-0.25, -0.2) is 4.99 Å². The van der Waals surface area contributed by atoms with Crippen LogP contribution in [0.2, 0.25) is 0 Å². The summed E-state index contributed by atoms with van der Waals surface area (Å²) >= 11 is 1.21. The number of hydrogen-bond donors (Lipinski definition) is 2. The van der Waals surface area contributed by atoms with Gasteiger partial charge < -0.3 is 15.6 Å². The average Bonchev–Trinajstić information content (AvgIpc) is 3.00. The zero-order chi connectivity index (χ0) is 20.0. The first kappa shape index (κ1) is 19.0. The Morgan fingerprint density at radius 1 is 1.30 bits per heavy atom. The first-order chi connectivity index (χ1) is 12.5. The van der Waals surface area contributed by atoms with Crippen LogP contribution in [-0.4, -0.2) is 35.3 Å². The van der Waals surface area contributed by atoms with Crippen LogP contribution in [-0.2, 0) is 10.3 Å². The van der Waals surface area contributed by atoms with Crippen molar-refractivity contribution < 1.29 is 27.8 Å². The van der Waals surface area contributed by atoms with E-state index in [0.29, 0.717) is 10.4 Å². The summed E-state index contributed by atoms with van der Waals surface area (Å²) in [5, 5.41) is 11.8. The third kappa shape index (κ3) is 3.44. The summed E-state index contributed by atoms with van der Waals surface area (Å²) in [6.07, 6.45) is -4.81. The highest BCUT2D eigenvalue weighted by molar-refractivity contribution is 7.10. The number of thiophene rings is 1. The van der Waals surface area contributed by atoms with Crippen molar-refractivity contribution in [1.82, 2.24) is 4.90 Å². The molecule has 1 aromatic carbocycles. The van der Waals surface area contributed by atoms with E-state index in [2.05, 4.69) is 9.73 Å². The summed E-state index contributed by atoms with van der Waals surface area (Å²) in [7, 11) is 1.46. The zero-order valence-corrected chi connectivity index (χ0v) is 15.1. The summed E-state index contributed by atoms with van der Waals surface area (Å²) in [4.78, 5) is 19.0. The molecule has 2 atom stereocenters. The molecule has 0 aliphatic carbocycles. The van der Waals surface area contributed by atoms with Gasteiger partial charge in [-0.05, 0) is 36.1 Å². The van der Waals surface area contributed by atoms with Gasteiger partial charge in [0.2, 0.25) is 5.91 Å². The van der Waals surface area contributed by atoms with Crippen LogP contribution in [0.25, 0.3) is 0 Å². The van der Waals surface area contributed by atoms with E-state index in [0.717, 1.165) is 12.1 Å². The van der Waals surface area contributed by atoms with Gasteiger partial charge >= 0.3 is 6.36 Å². The number of carbonyl (C=O) groups is 1. The van der Waals surface area contributed by atoms with Crippen molar-refractivity contribution in [1.29, 1.82) is 0 Å². The van der Waals surface area contributed by atoms with Gasteiger partial charge in [0.05, 0.1) is 10.8 Å². The number of likely N-dealkylation sites (N-methyl/N-ethyl adjacent to an activating group) is 1. The monoisotopic (exact) mass is 399 g/mol. The molecule has 2 heterocycles. The summed E-state index contributed by atoms with van der Waals surface area (Å²) in [5.74, 6) is -1.71. The highest BCUT2D eigenvalue weighted by Crippen LogP contribution is 2.48. The Kier molecular flexibility index (Phi) is 4.54. The summed E-state index contributed by atoms with van der Waals surface area (Å²) in [6, 6.07) is 6.49. The topological polar surface area (TPSA) is 88.2 Å². The van der Waals surface area contributed by atoms with Crippen molar-refractivity contribution in [3.05, 3.63) is 46.2 Å². The van der Waals surface area contributed by atoms with Crippen LogP contribution in [0.15, 0.2) is 40.7 Å². The molecule has 6 nitrogen and oxygen atoms in total. The predicted molar refractivity (Wildman–Crippen MR) is 93.6 cm³/mol. The molecule has 0 spiro atoms. The van der Waals surface area contributed by atoms with Gasteiger partial charge in [-0.2, -0.15) is 0 Å². The van der Waals surface area contributed by atoms with Crippen molar-refractivity contribution in [2.75, 3.05) is 7.05 Å². The van der Waals surface area contributed by atoms with E-state index in [1.165, 1.54) is 41.5 Å². The molecule has 3 rings (SSSR count). The molecule has 0 fully saturated rings. The van der Waals surface area contributed by atoms with E-state index < -0.39 is 23.6 Å². The van der Waals surface area contributed by atoms with E-state index in [9.17, 15) is 23.1 Å². The molecule has 10 heteroatoms. The van der Waals surface area contributed by atoms with Crippen LogP contribution in [0.3, 0.4) is 0 Å². The van der Waals surface area contributed by atoms with Gasteiger partial charge in [0, 0.05) is 7.05 Å². The molecule has 2 aromatic rings. The highest BCUT2D eigenvalue weighted by atomic mass is 32.1. The van der Waals surface area contributed by atoms with Gasteiger partial charge in [0.25, 0.3) is 0 Å². The number of alkyl halides is 3. The quantitative estimate of drug-likeness (QED) is 0.830. The minimum Gasteiger partial charge on any atom is -0.507 e. The molecular formula is C17H16F3N3O3S. The number of aliphatic imine (C=N–C) groups is 1. The van der Waals surface area contributed by atoms with Crippen LogP contribution < -0.4 is 10.5 Å². The Balaban J connectivity index is 2.08. The first-order valence-electron chi connectivity index (χ1n) is 7.78. The standard InChI is InChI=1S/C17H16F3N3O3S/c1-16(13-11(24)7-8-27-13)12(14(25)23(2)15(21)22-16)9-3-5-10(6-4-9)26-17(18,19)20/h3-8,12,24H,1-2H3,(H2,21,22)/t12?,16-/m0/s1. The molecule has 1 amide bonds. The Labute approximate surface area is 156 Å². The normalized spacial score (nSPS) is 23.3. The Bertz CT molecular complexity index is 895. The largest absolute Gasteiger partial charge is 0.573 e. The second kappa shape index (κ2) is 6.45. The van der Waals surface area contributed by atoms with Crippen molar-refractivity contribution in [3.8, 4) is 11.5 Å². The molecule has 1 aliphatic heterocycles. The van der Waals surface area contributed by atoms with E-state index in [1.54, 1.807) is 12.3 Å². The van der Waals surface area contributed by atoms with Gasteiger partial charge in [-0.3, -0.25) is 9.69 Å². The number of benzene rings is 1. The maximum Gasteiger partial charge on any atom is 0.573 e. The molecule has 1 unspecified atom stereocenters. The minimum atomic E-state index is -4.81. The summed E-state index contributed by atoms with van der Waals surface area (Å²) in [5.41, 5.74) is 5.08. The number of halogens is 3. The number of aromatic hydroxyl groups is 1. The zero-order valence-electron chi connectivity index (χ0n) is 14.3. The predicted octanol–water partition coefficient (Wildman–Crippen LogP) is 3.14.